The SMILES string of the molecule is COc1ncc(-c2ccc3ncc(-c4cn(CCN5CCN(C)CC5)nn4)n3n2)cc1NS(=O)(=O)c1ccc(F)cc1F. The highest BCUT2D eigenvalue weighted by atomic mass is 32.2. The van der Waals surface area contributed by atoms with Crippen LogP contribution in [0.25, 0.3) is 28.3 Å². The van der Waals surface area contributed by atoms with E-state index in [1.807, 2.05) is 6.20 Å². The van der Waals surface area contributed by atoms with Crippen LogP contribution in [0.1, 0.15) is 0 Å². The van der Waals surface area contributed by atoms with Crippen molar-refractivity contribution in [3.8, 4) is 28.5 Å². The van der Waals surface area contributed by atoms with Crippen LogP contribution < -0.4 is 9.46 Å². The Morgan fingerprint density at radius 2 is 1.79 bits per heavy atom. The van der Waals surface area contributed by atoms with Gasteiger partial charge in [-0.25, -0.2) is 31.7 Å². The molecule has 6 rings (SSSR count). The second-order valence-corrected chi connectivity index (χ2v) is 11.8. The lowest BCUT2D eigenvalue weighted by molar-refractivity contribution is 0.148. The molecule has 0 spiro atoms. The molecular weight excluding hydrogens is 582 g/mol. The van der Waals surface area contributed by atoms with Gasteiger partial charge in [-0.2, -0.15) is 5.10 Å². The van der Waals surface area contributed by atoms with Crippen LogP contribution in [0.2, 0.25) is 0 Å². The lowest BCUT2D eigenvalue weighted by Crippen LogP contribution is -2.45. The van der Waals surface area contributed by atoms with Crippen LogP contribution in [0.4, 0.5) is 14.5 Å². The molecule has 16 heteroatoms. The van der Waals surface area contributed by atoms with Gasteiger partial charge in [-0.3, -0.25) is 14.3 Å². The van der Waals surface area contributed by atoms with Crippen molar-refractivity contribution >= 4 is 21.4 Å². The molecule has 13 nitrogen and oxygen atoms in total. The molecule has 5 heterocycles. The van der Waals surface area contributed by atoms with Gasteiger partial charge in [0.15, 0.2) is 5.65 Å². The lowest BCUT2D eigenvalue weighted by atomic mass is 10.2. The van der Waals surface area contributed by atoms with Gasteiger partial charge in [-0.15, -0.1) is 5.10 Å². The highest BCUT2D eigenvalue weighted by Crippen LogP contribution is 2.30. The van der Waals surface area contributed by atoms with E-state index in [0.29, 0.717) is 40.9 Å². The number of benzene rings is 1. The molecule has 0 atom stereocenters. The Balaban J connectivity index is 1.26. The predicted octanol–water partition coefficient (Wildman–Crippen LogP) is 2.38. The summed E-state index contributed by atoms with van der Waals surface area (Å²) in [5, 5.41) is 13.3. The highest BCUT2D eigenvalue weighted by Gasteiger charge is 2.23. The van der Waals surface area contributed by atoms with Crippen LogP contribution in [0.15, 0.2) is 59.9 Å². The number of anilines is 1. The third-order valence-corrected chi connectivity index (χ3v) is 8.57. The molecule has 1 saturated heterocycles. The van der Waals surface area contributed by atoms with Crippen LogP contribution in [-0.4, -0.2) is 99.7 Å². The molecule has 224 valence electrons. The number of pyridine rings is 1. The number of rotatable bonds is 9. The van der Waals surface area contributed by atoms with Gasteiger partial charge < -0.3 is 9.64 Å². The van der Waals surface area contributed by atoms with E-state index in [1.165, 1.54) is 19.4 Å². The van der Waals surface area contributed by atoms with E-state index >= 15 is 0 Å². The number of sulfonamides is 1. The number of aromatic nitrogens is 7. The maximum absolute atomic E-state index is 14.3. The van der Waals surface area contributed by atoms with Crippen molar-refractivity contribution in [1.29, 1.82) is 0 Å². The smallest absolute Gasteiger partial charge is 0.264 e. The quantitative estimate of drug-likeness (QED) is 0.265. The molecule has 43 heavy (non-hydrogen) atoms. The number of likely N-dealkylation sites (N-methyl/N-ethyl adjacent to an activating group) is 1. The maximum Gasteiger partial charge on any atom is 0.264 e. The van der Waals surface area contributed by atoms with E-state index in [-0.39, 0.29) is 11.6 Å². The van der Waals surface area contributed by atoms with Crippen molar-refractivity contribution in [1.82, 2.24) is 44.4 Å². The minimum Gasteiger partial charge on any atom is -0.480 e. The number of ether oxygens (including phenoxy) is 1. The highest BCUT2D eigenvalue weighted by molar-refractivity contribution is 7.92. The first-order chi connectivity index (χ1) is 20.7. The number of halogens is 2. The standard InChI is InChI=1S/C27H28F2N10O3S/c1-36-7-9-37(10-8-36)11-12-38-17-23(32-35-38)24-16-30-26-6-4-21(33-39(24)26)18-13-22(27(42-2)31-15-18)34-43(40,41)25-5-3-19(28)14-20(25)29/h3-6,13-17,34H,7-12H2,1-2H3. The number of nitrogens with one attached hydrogen (secondary N) is 1. The Kier molecular flexibility index (Phi) is 7.72. The van der Waals surface area contributed by atoms with Crippen LogP contribution in [0, 0.1) is 11.6 Å². The van der Waals surface area contributed by atoms with Gasteiger partial charge >= 0.3 is 0 Å². The number of hydrogen-bond donors (Lipinski definition) is 1. The number of nitrogens with zero attached hydrogens (tertiary/aromatic N) is 9. The van der Waals surface area contributed by atoms with Gasteiger partial charge in [0.2, 0.25) is 5.88 Å². The van der Waals surface area contributed by atoms with Crippen LogP contribution >= 0.6 is 0 Å². The number of methoxy groups -OCH3 is 1. The molecule has 1 fully saturated rings. The summed E-state index contributed by atoms with van der Waals surface area (Å²) in [5.41, 5.74) is 2.61. The van der Waals surface area contributed by atoms with Gasteiger partial charge in [-0.1, -0.05) is 5.21 Å². The summed E-state index contributed by atoms with van der Waals surface area (Å²) in [7, 11) is -1.000. The summed E-state index contributed by atoms with van der Waals surface area (Å²) in [6, 6.07) is 7.12. The average molecular weight is 611 g/mol. The monoisotopic (exact) mass is 610 g/mol. The van der Waals surface area contributed by atoms with Crippen molar-refractivity contribution in [2.75, 3.05) is 51.6 Å². The van der Waals surface area contributed by atoms with Crippen molar-refractivity contribution in [3.63, 3.8) is 0 Å². The molecule has 0 amide bonds. The van der Waals surface area contributed by atoms with E-state index in [9.17, 15) is 17.2 Å². The molecule has 1 N–H and O–H groups in total. The van der Waals surface area contributed by atoms with Gasteiger partial charge in [0, 0.05) is 50.6 Å². The fourth-order valence-electron chi connectivity index (χ4n) is 4.76. The number of piperazine rings is 1. The lowest BCUT2D eigenvalue weighted by Gasteiger charge is -2.32. The topological polar surface area (TPSA) is 136 Å². The molecule has 5 aromatic rings. The first kappa shape index (κ1) is 28.6. The third kappa shape index (κ3) is 6.02. The number of fused-ring (bicyclic) bond motifs is 1. The Morgan fingerprint density at radius 3 is 2.56 bits per heavy atom. The van der Waals surface area contributed by atoms with Crippen LogP contribution in [0.3, 0.4) is 0 Å². The number of imidazole rings is 1. The molecule has 4 aromatic heterocycles. The van der Waals surface area contributed by atoms with Crippen LogP contribution in [0.5, 0.6) is 5.88 Å². The maximum atomic E-state index is 14.3. The van der Waals surface area contributed by atoms with E-state index in [1.54, 1.807) is 27.5 Å². The molecule has 1 aromatic carbocycles. The zero-order chi connectivity index (χ0) is 30.1. The summed E-state index contributed by atoms with van der Waals surface area (Å²) < 4.78 is 64.4. The summed E-state index contributed by atoms with van der Waals surface area (Å²) in [6.45, 7) is 5.69. The summed E-state index contributed by atoms with van der Waals surface area (Å²) >= 11 is 0. The fraction of sp³-hybridized carbons (Fsp3) is 0.296. The molecule has 0 saturated carbocycles. The molecule has 0 radical (unpaired) electrons. The summed E-state index contributed by atoms with van der Waals surface area (Å²) in [4.78, 5) is 12.6. The van der Waals surface area contributed by atoms with E-state index in [0.717, 1.165) is 44.9 Å². The third-order valence-electron chi connectivity index (χ3n) is 7.17. The minimum atomic E-state index is -4.44. The molecule has 1 aliphatic rings. The molecule has 0 unspecified atom stereocenters. The summed E-state index contributed by atoms with van der Waals surface area (Å²) in [5.74, 6) is -2.18. The first-order valence-electron chi connectivity index (χ1n) is 13.4. The normalized spacial score (nSPS) is 14.8. The van der Waals surface area contributed by atoms with Gasteiger partial charge in [0.1, 0.15) is 33.6 Å². The zero-order valence-corrected chi connectivity index (χ0v) is 24.2. The van der Waals surface area contributed by atoms with Crippen molar-refractivity contribution in [2.45, 2.75) is 11.4 Å². The second-order valence-electron chi connectivity index (χ2n) is 10.1. The van der Waals surface area contributed by atoms with E-state index < -0.39 is 26.6 Å². The predicted molar refractivity (Wildman–Crippen MR) is 153 cm³/mol. The number of hydrogen-bond acceptors (Lipinski definition) is 10. The average Bonchev–Trinajstić information content (AvgIpc) is 3.63. The van der Waals surface area contributed by atoms with Crippen molar-refractivity contribution in [3.05, 3.63) is 66.6 Å². The van der Waals surface area contributed by atoms with Gasteiger partial charge in [0.25, 0.3) is 10.0 Å². The Hall–Kier alpha value is -4.54. The largest absolute Gasteiger partial charge is 0.480 e. The van der Waals surface area contributed by atoms with Gasteiger partial charge in [-0.05, 0) is 37.4 Å². The molecular formula is C27H28F2N10O3S. The first-order valence-corrected chi connectivity index (χ1v) is 14.9. The van der Waals surface area contributed by atoms with Crippen molar-refractivity contribution in [2.24, 2.45) is 0 Å². The Bertz CT molecular complexity index is 1890. The van der Waals surface area contributed by atoms with E-state index in [4.69, 9.17) is 9.84 Å². The minimum absolute atomic E-state index is 0.0487. The fourth-order valence-corrected chi connectivity index (χ4v) is 5.87. The summed E-state index contributed by atoms with van der Waals surface area (Å²) in [6.07, 6.45) is 4.98. The second kappa shape index (κ2) is 11.6. The molecule has 1 aliphatic heterocycles. The van der Waals surface area contributed by atoms with Crippen molar-refractivity contribution < 1.29 is 21.9 Å². The zero-order valence-electron chi connectivity index (χ0n) is 23.4. The molecule has 0 bridgehead atoms. The van der Waals surface area contributed by atoms with E-state index in [2.05, 4.69) is 41.8 Å². The Morgan fingerprint density at radius 1 is 0.977 bits per heavy atom. The Labute approximate surface area is 245 Å². The molecule has 0 aliphatic carbocycles. The van der Waals surface area contributed by atoms with Gasteiger partial charge in [0.05, 0.1) is 31.7 Å². The van der Waals surface area contributed by atoms with Crippen LogP contribution in [-0.2, 0) is 16.6 Å².